The van der Waals surface area contributed by atoms with Crippen molar-refractivity contribution < 1.29 is 23.8 Å². The molecule has 176 valence electrons. The number of nitrogens with zero attached hydrogens (tertiary/aromatic N) is 1. The number of anilines is 1. The van der Waals surface area contributed by atoms with E-state index in [9.17, 15) is 9.59 Å². The lowest BCUT2D eigenvalue weighted by Crippen LogP contribution is -2.21. The number of hydrazone groups is 1. The molecule has 34 heavy (non-hydrogen) atoms. The third-order valence-electron chi connectivity index (χ3n) is 4.68. The lowest BCUT2D eigenvalue weighted by atomic mass is 10.1. The van der Waals surface area contributed by atoms with E-state index in [1.54, 1.807) is 55.6 Å². The second-order valence-corrected chi connectivity index (χ2v) is 8.10. The Morgan fingerprint density at radius 2 is 1.59 bits per heavy atom. The molecule has 2 N–H and O–H groups in total. The van der Waals surface area contributed by atoms with Gasteiger partial charge in [0.15, 0.2) is 11.5 Å². The predicted molar refractivity (Wildman–Crippen MR) is 135 cm³/mol. The van der Waals surface area contributed by atoms with Crippen molar-refractivity contribution in [3.63, 3.8) is 0 Å². The molecule has 0 aliphatic carbocycles. The first-order valence-corrected chi connectivity index (χ1v) is 11.0. The second kappa shape index (κ2) is 11.5. The number of benzene rings is 3. The van der Waals surface area contributed by atoms with Crippen molar-refractivity contribution in [1.82, 2.24) is 5.43 Å². The maximum Gasteiger partial charge on any atom is 0.273 e. The van der Waals surface area contributed by atoms with Crippen molar-refractivity contribution in [2.75, 3.05) is 26.6 Å². The van der Waals surface area contributed by atoms with E-state index in [0.29, 0.717) is 27.8 Å². The van der Waals surface area contributed by atoms with Crippen LogP contribution in [0.25, 0.3) is 0 Å². The molecule has 0 saturated carbocycles. The lowest BCUT2D eigenvalue weighted by Gasteiger charge is -2.12. The highest BCUT2D eigenvalue weighted by Gasteiger charge is 2.16. The number of carbonyl (C=O) groups is 2. The zero-order valence-corrected chi connectivity index (χ0v) is 20.9. The van der Waals surface area contributed by atoms with E-state index in [-0.39, 0.29) is 11.3 Å². The van der Waals surface area contributed by atoms with Crippen LogP contribution in [-0.4, -0.2) is 39.4 Å². The normalized spacial score (nSPS) is 10.6. The Kier molecular flexibility index (Phi) is 8.50. The van der Waals surface area contributed by atoms with E-state index in [1.807, 2.05) is 0 Å². The van der Waals surface area contributed by atoms with Crippen molar-refractivity contribution in [1.29, 1.82) is 0 Å². The van der Waals surface area contributed by atoms with Crippen LogP contribution in [0.5, 0.6) is 17.2 Å². The Labute approximate surface area is 210 Å². The van der Waals surface area contributed by atoms with Gasteiger partial charge in [-0.2, -0.15) is 5.10 Å². The molecule has 2 amide bonds. The largest absolute Gasteiger partial charge is 0.496 e. The quantitative estimate of drug-likeness (QED) is 0.301. The molecular weight excluding hydrogens is 526 g/mol. The first kappa shape index (κ1) is 25.1. The summed E-state index contributed by atoms with van der Waals surface area (Å²) in [6.07, 6.45) is 1.48. The van der Waals surface area contributed by atoms with Gasteiger partial charge >= 0.3 is 0 Å². The smallest absolute Gasteiger partial charge is 0.273 e. The molecule has 3 rings (SSSR count). The minimum absolute atomic E-state index is 0.148. The molecule has 0 saturated heterocycles. The van der Waals surface area contributed by atoms with Crippen LogP contribution in [-0.2, 0) is 0 Å². The fourth-order valence-electron chi connectivity index (χ4n) is 2.97. The summed E-state index contributed by atoms with van der Waals surface area (Å²) in [5, 5.41) is 7.05. The van der Waals surface area contributed by atoms with Gasteiger partial charge in [0.25, 0.3) is 11.8 Å². The summed E-state index contributed by atoms with van der Waals surface area (Å²) >= 11 is 9.48. The number of ether oxygens (including phenoxy) is 3. The number of nitrogens with one attached hydrogen (secondary N) is 2. The number of rotatable bonds is 8. The maximum absolute atomic E-state index is 12.8. The highest BCUT2D eigenvalue weighted by atomic mass is 79.9. The van der Waals surface area contributed by atoms with Crippen LogP contribution in [0.2, 0.25) is 5.02 Å². The van der Waals surface area contributed by atoms with E-state index < -0.39 is 11.8 Å². The molecule has 8 nitrogen and oxygen atoms in total. The molecule has 0 aliphatic rings. The predicted octanol–water partition coefficient (Wildman–Crippen LogP) is 5.14. The van der Waals surface area contributed by atoms with Gasteiger partial charge in [-0.3, -0.25) is 9.59 Å². The minimum Gasteiger partial charge on any atom is -0.496 e. The molecule has 0 aromatic heterocycles. The van der Waals surface area contributed by atoms with Gasteiger partial charge in [0.05, 0.1) is 43.3 Å². The van der Waals surface area contributed by atoms with Gasteiger partial charge < -0.3 is 19.5 Å². The van der Waals surface area contributed by atoms with Crippen molar-refractivity contribution >= 4 is 51.2 Å². The summed E-state index contributed by atoms with van der Waals surface area (Å²) in [7, 11) is 4.55. The SMILES string of the molecule is COc1ccc(/C=N/NC(=O)c2cc(Cl)ccc2NC(=O)c2ccc(OC)c(OC)c2)cc1Br. The molecule has 0 aliphatic heterocycles. The summed E-state index contributed by atoms with van der Waals surface area (Å²) in [5.74, 6) is 0.587. The monoisotopic (exact) mass is 545 g/mol. The highest BCUT2D eigenvalue weighted by molar-refractivity contribution is 9.10. The molecule has 0 atom stereocenters. The van der Waals surface area contributed by atoms with Gasteiger partial charge in [-0.1, -0.05) is 11.6 Å². The summed E-state index contributed by atoms with van der Waals surface area (Å²) in [4.78, 5) is 25.6. The molecule has 0 radical (unpaired) electrons. The first-order valence-electron chi connectivity index (χ1n) is 9.86. The Bertz CT molecular complexity index is 1250. The van der Waals surface area contributed by atoms with Gasteiger partial charge in [-0.15, -0.1) is 0 Å². The lowest BCUT2D eigenvalue weighted by molar-refractivity contribution is 0.0956. The third kappa shape index (κ3) is 6.06. The molecule has 3 aromatic carbocycles. The zero-order chi connectivity index (χ0) is 24.7. The molecule has 0 fully saturated rings. The average molecular weight is 547 g/mol. The Morgan fingerprint density at radius 1 is 0.882 bits per heavy atom. The van der Waals surface area contributed by atoms with Gasteiger partial charge in [0, 0.05) is 10.6 Å². The molecule has 0 bridgehead atoms. The van der Waals surface area contributed by atoms with Crippen molar-refractivity contribution in [3.05, 3.63) is 80.8 Å². The average Bonchev–Trinajstić information content (AvgIpc) is 2.84. The highest BCUT2D eigenvalue weighted by Crippen LogP contribution is 2.29. The molecule has 0 heterocycles. The second-order valence-electron chi connectivity index (χ2n) is 6.81. The topological polar surface area (TPSA) is 98.2 Å². The third-order valence-corrected chi connectivity index (χ3v) is 5.53. The number of amides is 2. The molecular formula is C24H21BrClN3O5. The van der Waals surface area contributed by atoms with Crippen LogP contribution in [0, 0.1) is 0 Å². The fourth-order valence-corrected chi connectivity index (χ4v) is 3.70. The molecule has 10 heteroatoms. The number of carbonyl (C=O) groups excluding carboxylic acids is 2. The van der Waals surface area contributed by atoms with E-state index in [1.165, 1.54) is 26.5 Å². The van der Waals surface area contributed by atoms with Crippen LogP contribution in [0.4, 0.5) is 5.69 Å². The summed E-state index contributed by atoms with van der Waals surface area (Å²) in [6.45, 7) is 0. The Balaban J connectivity index is 1.77. The van der Waals surface area contributed by atoms with Gasteiger partial charge in [0.1, 0.15) is 5.75 Å². The van der Waals surface area contributed by atoms with Crippen LogP contribution < -0.4 is 25.0 Å². The van der Waals surface area contributed by atoms with Gasteiger partial charge in [-0.05, 0) is 76.1 Å². The Morgan fingerprint density at radius 3 is 2.26 bits per heavy atom. The number of hydrogen-bond acceptors (Lipinski definition) is 6. The van der Waals surface area contributed by atoms with E-state index in [2.05, 4.69) is 31.8 Å². The standard InChI is InChI=1S/C24H21BrClN3O5/c1-32-20-8-4-14(10-18(20)25)13-27-29-24(31)17-12-16(26)6-7-19(17)28-23(30)15-5-9-21(33-2)22(11-15)34-3/h4-13H,1-3H3,(H,28,30)(H,29,31)/b27-13+. The van der Waals surface area contributed by atoms with E-state index >= 15 is 0 Å². The van der Waals surface area contributed by atoms with E-state index in [0.717, 1.165) is 10.0 Å². The summed E-state index contributed by atoms with van der Waals surface area (Å²) < 4.78 is 16.4. The molecule has 0 unspecified atom stereocenters. The van der Waals surface area contributed by atoms with Crippen LogP contribution in [0.15, 0.2) is 64.2 Å². The maximum atomic E-state index is 12.8. The number of methoxy groups -OCH3 is 3. The van der Waals surface area contributed by atoms with Gasteiger partial charge in [-0.25, -0.2) is 5.43 Å². The molecule has 0 spiro atoms. The summed E-state index contributed by atoms with van der Waals surface area (Å²) in [6, 6.07) is 14.7. The van der Waals surface area contributed by atoms with Crippen LogP contribution in [0.3, 0.4) is 0 Å². The summed E-state index contributed by atoms with van der Waals surface area (Å²) in [5.41, 5.74) is 3.92. The fraction of sp³-hybridized carbons (Fsp3) is 0.125. The van der Waals surface area contributed by atoms with E-state index in [4.69, 9.17) is 25.8 Å². The first-order chi connectivity index (χ1) is 16.4. The number of hydrogen-bond donors (Lipinski definition) is 2. The Hall–Kier alpha value is -3.56. The van der Waals surface area contributed by atoms with Crippen LogP contribution in [0.1, 0.15) is 26.3 Å². The van der Waals surface area contributed by atoms with Crippen molar-refractivity contribution in [2.24, 2.45) is 5.10 Å². The molecule has 3 aromatic rings. The van der Waals surface area contributed by atoms with Crippen molar-refractivity contribution in [3.8, 4) is 17.2 Å². The number of halogens is 2. The van der Waals surface area contributed by atoms with Crippen LogP contribution >= 0.6 is 27.5 Å². The zero-order valence-electron chi connectivity index (χ0n) is 18.5. The minimum atomic E-state index is -0.547. The van der Waals surface area contributed by atoms with Gasteiger partial charge in [0.2, 0.25) is 0 Å². The van der Waals surface area contributed by atoms with Crippen molar-refractivity contribution in [2.45, 2.75) is 0 Å².